The van der Waals surface area contributed by atoms with Crippen molar-refractivity contribution in [3.05, 3.63) is 29.8 Å². The molecular weight excluding hydrogens is 240 g/mol. The monoisotopic (exact) mass is 264 g/mol. The molecule has 3 N–H and O–H groups in total. The summed E-state index contributed by atoms with van der Waals surface area (Å²) in [6.45, 7) is 6.93. The van der Waals surface area contributed by atoms with Crippen LogP contribution in [-0.4, -0.2) is 24.3 Å². The van der Waals surface area contributed by atoms with Crippen molar-refractivity contribution >= 4 is 11.7 Å². The Morgan fingerprint density at radius 1 is 1.37 bits per heavy atom. The molecule has 0 saturated heterocycles. The normalized spacial score (nSPS) is 11.2. The average Bonchev–Trinajstić information content (AvgIpc) is 2.34. The standard InChI is InChI=1S/C15H24N2O2/c1-12-6-4-7-13(10-12)17-14(19)16-11-15(2,3)8-5-9-18/h4,6-7,10,18H,5,8-9,11H2,1-3H3,(H2,16,17,19). The first-order chi connectivity index (χ1) is 8.93. The molecule has 0 heterocycles. The summed E-state index contributed by atoms with van der Waals surface area (Å²) in [5, 5.41) is 14.5. The van der Waals surface area contributed by atoms with Crippen LogP contribution >= 0.6 is 0 Å². The average molecular weight is 264 g/mol. The summed E-state index contributed by atoms with van der Waals surface area (Å²) >= 11 is 0. The maximum atomic E-state index is 11.8. The molecule has 0 radical (unpaired) electrons. The summed E-state index contributed by atoms with van der Waals surface area (Å²) in [6, 6.07) is 7.50. The summed E-state index contributed by atoms with van der Waals surface area (Å²) in [7, 11) is 0. The van der Waals surface area contributed by atoms with Crippen molar-refractivity contribution in [3.8, 4) is 0 Å². The molecular formula is C15H24N2O2. The number of rotatable bonds is 6. The van der Waals surface area contributed by atoms with Gasteiger partial charge in [0.15, 0.2) is 0 Å². The predicted octanol–water partition coefficient (Wildman–Crippen LogP) is 2.92. The fourth-order valence-corrected chi connectivity index (χ4v) is 1.86. The Balaban J connectivity index is 2.39. The molecule has 0 bridgehead atoms. The van der Waals surface area contributed by atoms with E-state index in [1.165, 1.54) is 0 Å². The van der Waals surface area contributed by atoms with Gasteiger partial charge in [0.05, 0.1) is 0 Å². The maximum Gasteiger partial charge on any atom is 0.319 e. The van der Waals surface area contributed by atoms with Crippen molar-refractivity contribution in [3.63, 3.8) is 0 Å². The van der Waals surface area contributed by atoms with Crippen LogP contribution in [0.1, 0.15) is 32.3 Å². The van der Waals surface area contributed by atoms with Crippen molar-refractivity contribution in [1.82, 2.24) is 5.32 Å². The molecule has 4 heteroatoms. The molecule has 0 saturated carbocycles. The topological polar surface area (TPSA) is 61.4 Å². The molecule has 1 aromatic carbocycles. The van der Waals surface area contributed by atoms with E-state index in [0.717, 1.165) is 24.1 Å². The van der Waals surface area contributed by atoms with Crippen molar-refractivity contribution in [2.45, 2.75) is 33.6 Å². The quantitative estimate of drug-likeness (QED) is 0.740. The SMILES string of the molecule is Cc1cccc(NC(=O)NCC(C)(C)CCCO)c1. The van der Waals surface area contributed by atoms with Crippen LogP contribution in [-0.2, 0) is 0 Å². The first-order valence-electron chi connectivity index (χ1n) is 6.65. The number of benzene rings is 1. The van der Waals surface area contributed by atoms with Crippen LogP contribution < -0.4 is 10.6 Å². The van der Waals surface area contributed by atoms with Crippen molar-refractivity contribution in [2.75, 3.05) is 18.5 Å². The molecule has 4 nitrogen and oxygen atoms in total. The Bertz CT molecular complexity index is 416. The molecule has 0 atom stereocenters. The van der Waals surface area contributed by atoms with Crippen LogP contribution in [0.15, 0.2) is 24.3 Å². The lowest BCUT2D eigenvalue weighted by Gasteiger charge is -2.24. The van der Waals surface area contributed by atoms with Gasteiger partial charge < -0.3 is 15.7 Å². The molecule has 1 rings (SSSR count). The Hall–Kier alpha value is -1.55. The van der Waals surface area contributed by atoms with Gasteiger partial charge in [-0.1, -0.05) is 26.0 Å². The summed E-state index contributed by atoms with van der Waals surface area (Å²) < 4.78 is 0. The number of hydrogen-bond donors (Lipinski definition) is 3. The molecule has 0 aliphatic rings. The van der Waals surface area contributed by atoms with Crippen LogP contribution in [0.25, 0.3) is 0 Å². The minimum atomic E-state index is -0.192. The number of nitrogens with one attached hydrogen (secondary N) is 2. The Morgan fingerprint density at radius 2 is 2.11 bits per heavy atom. The van der Waals surface area contributed by atoms with Gasteiger partial charge in [-0.25, -0.2) is 4.79 Å². The summed E-state index contributed by atoms with van der Waals surface area (Å²) in [5.41, 5.74) is 1.90. The minimum absolute atomic E-state index is 0.00727. The first-order valence-corrected chi connectivity index (χ1v) is 6.65. The number of aliphatic hydroxyl groups is 1. The lowest BCUT2D eigenvalue weighted by Crippen LogP contribution is -2.36. The number of carbonyl (C=O) groups is 1. The number of aryl methyl sites for hydroxylation is 1. The van der Waals surface area contributed by atoms with E-state index < -0.39 is 0 Å². The highest BCUT2D eigenvalue weighted by atomic mass is 16.2. The van der Waals surface area contributed by atoms with Crippen molar-refractivity contribution in [1.29, 1.82) is 0 Å². The van der Waals surface area contributed by atoms with Crippen LogP contribution in [0, 0.1) is 12.3 Å². The number of carbonyl (C=O) groups excluding carboxylic acids is 1. The molecule has 1 aromatic rings. The zero-order valence-corrected chi connectivity index (χ0v) is 12.0. The van der Waals surface area contributed by atoms with Crippen LogP contribution in [0.3, 0.4) is 0 Å². The third-order valence-electron chi connectivity index (χ3n) is 3.02. The highest BCUT2D eigenvalue weighted by Crippen LogP contribution is 2.20. The molecule has 2 amide bonds. The predicted molar refractivity (Wildman–Crippen MR) is 78.3 cm³/mol. The Morgan fingerprint density at radius 3 is 2.74 bits per heavy atom. The van der Waals surface area contributed by atoms with E-state index in [1.807, 2.05) is 31.2 Å². The number of hydrogen-bond acceptors (Lipinski definition) is 2. The molecule has 106 valence electrons. The molecule has 0 unspecified atom stereocenters. The Labute approximate surface area is 115 Å². The van der Waals surface area contributed by atoms with Gasteiger partial charge in [-0.3, -0.25) is 0 Å². The zero-order chi connectivity index (χ0) is 14.3. The Kier molecular flexibility index (Phi) is 5.83. The lowest BCUT2D eigenvalue weighted by molar-refractivity contribution is 0.227. The van der Waals surface area contributed by atoms with Gasteiger partial charge in [0.25, 0.3) is 0 Å². The van der Waals surface area contributed by atoms with E-state index in [9.17, 15) is 4.79 Å². The number of urea groups is 1. The second-order valence-corrected chi connectivity index (χ2v) is 5.67. The summed E-state index contributed by atoms with van der Waals surface area (Å²) in [6.07, 6.45) is 1.64. The maximum absolute atomic E-state index is 11.8. The van der Waals surface area contributed by atoms with E-state index in [4.69, 9.17) is 5.11 Å². The van der Waals surface area contributed by atoms with Gasteiger partial charge in [0, 0.05) is 18.8 Å². The molecule has 19 heavy (non-hydrogen) atoms. The largest absolute Gasteiger partial charge is 0.396 e. The van der Waals surface area contributed by atoms with Crippen molar-refractivity contribution < 1.29 is 9.90 Å². The molecule has 0 spiro atoms. The molecule has 0 aliphatic carbocycles. The van der Waals surface area contributed by atoms with Crippen molar-refractivity contribution in [2.24, 2.45) is 5.41 Å². The summed E-state index contributed by atoms with van der Waals surface area (Å²) in [4.78, 5) is 11.8. The van der Waals surface area contributed by atoms with E-state index >= 15 is 0 Å². The van der Waals surface area contributed by atoms with Gasteiger partial charge in [0.1, 0.15) is 0 Å². The highest BCUT2D eigenvalue weighted by Gasteiger charge is 2.18. The second-order valence-electron chi connectivity index (χ2n) is 5.67. The molecule has 0 fully saturated rings. The van der Waals surface area contributed by atoms with Gasteiger partial charge in [-0.2, -0.15) is 0 Å². The number of amides is 2. The minimum Gasteiger partial charge on any atom is -0.396 e. The van der Waals surface area contributed by atoms with E-state index in [-0.39, 0.29) is 18.1 Å². The first kappa shape index (κ1) is 15.5. The molecule has 0 aliphatic heterocycles. The fraction of sp³-hybridized carbons (Fsp3) is 0.533. The zero-order valence-electron chi connectivity index (χ0n) is 12.0. The van der Waals surface area contributed by atoms with Crippen LogP contribution in [0.5, 0.6) is 0 Å². The van der Waals surface area contributed by atoms with Gasteiger partial charge in [-0.05, 0) is 42.9 Å². The third kappa shape index (κ3) is 6.25. The number of anilines is 1. The van der Waals surface area contributed by atoms with E-state index in [2.05, 4.69) is 24.5 Å². The van der Waals surface area contributed by atoms with Crippen LogP contribution in [0.4, 0.5) is 10.5 Å². The smallest absolute Gasteiger partial charge is 0.319 e. The van der Waals surface area contributed by atoms with E-state index in [0.29, 0.717) is 6.54 Å². The number of aliphatic hydroxyl groups excluding tert-OH is 1. The fourth-order valence-electron chi connectivity index (χ4n) is 1.86. The highest BCUT2D eigenvalue weighted by molar-refractivity contribution is 5.89. The third-order valence-corrected chi connectivity index (χ3v) is 3.02. The second kappa shape index (κ2) is 7.14. The van der Waals surface area contributed by atoms with Gasteiger partial charge >= 0.3 is 6.03 Å². The van der Waals surface area contributed by atoms with Crippen LogP contribution in [0.2, 0.25) is 0 Å². The van der Waals surface area contributed by atoms with E-state index in [1.54, 1.807) is 0 Å². The summed E-state index contributed by atoms with van der Waals surface area (Å²) in [5.74, 6) is 0. The lowest BCUT2D eigenvalue weighted by atomic mass is 9.88. The van der Waals surface area contributed by atoms with Gasteiger partial charge in [-0.15, -0.1) is 0 Å². The molecule has 0 aromatic heterocycles. The van der Waals surface area contributed by atoms with Gasteiger partial charge in [0.2, 0.25) is 0 Å².